The Kier molecular flexibility index (Phi) is 3.70. The van der Waals surface area contributed by atoms with Gasteiger partial charge in [0.25, 0.3) is 5.79 Å². The number of hydrogen-bond donors (Lipinski definition) is 0. The van der Waals surface area contributed by atoms with E-state index in [4.69, 9.17) is 9.47 Å². The highest BCUT2D eigenvalue weighted by Crippen LogP contribution is 2.24. The van der Waals surface area contributed by atoms with E-state index in [0.717, 1.165) is 5.56 Å². The van der Waals surface area contributed by atoms with E-state index >= 15 is 0 Å². The van der Waals surface area contributed by atoms with Gasteiger partial charge in [0.1, 0.15) is 0 Å². The molecule has 1 fully saturated rings. The van der Waals surface area contributed by atoms with Crippen LogP contribution in [0, 0.1) is 5.92 Å². The van der Waals surface area contributed by atoms with Crippen LogP contribution in [-0.4, -0.2) is 23.5 Å². The van der Waals surface area contributed by atoms with Crippen molar-refractivity contribution in [2.75, 3.05) is 0 Å². The van der Waals surface area contributed by atoms with Crippen LogP contribution in [0.15, 0.2) is 36.4 Å². The van der Waals surface area contributed by atoms with E-state index in [1.54, 1.807) is 12.1 Å². The molecular weight excluding hydrogens is 260 g/mol. The molecule has 0 bridgehead atoms. The molecule has 1 aromatic rings. The fraction of sp³-hybridized carbons (Fsp3) is 0.267. The van der Waals surface area contributed by atoms with E-state index in [-0.39, 0.29) is 0 Å². The predicted molar refractivity (Wildman–Crippen MR) is 70.2 cm³/mol. The molecule has 1 aliphatic rings. The molecule has 0 atom stereocenters. The minimum atomic E-state index is -1.54. The maximum Gasteiger partial charge on any atom is 0.331 e. The molecule has 1 aromatic carbocycles. The first-order chi connectivity index (χ1) is 9.39. The molecule has 1 aliphatic heterocycles. The number of carbonyl (C=O) groups is 3. The van der Waals surface area contributed by atoms with E-state index in [0.29, 0.717) is 0 Å². The molecule has 2 rings (SSSR count). The average molecular weight is 274 g/mol. The van der Waals surface area contributed by atoms with Gasteiger partial charge in [-0.15, -0.1) is 0 Å². The fourth-order valence-electron chi connectivity index (χ4n) is 1.79. The molecule has 0 amide bonds. The van der Waals surface area contributed by atoms with Crippen molar-refractivity contribution in [3.63, 3.8) is 0 Å². The van der Waals surface area contributed by atoms with Gasteiger partial charge in [-0.3, -0.25) is 14.4 Å². The van der Waals surface area contributed by atoms with Gasteiger partial charge >= 0.3 is 11.9 Å². The summed E-state index contributed by atoms with van der Waals surface area (Å²) in [4.78, 5) is 35.3. The van der Waals surface area contributed by atoms with Gasteiger partial charge in [0, 0.05) is 13.8 Å². The van der Waals surface area contributed by atoms with E-state index in [9.17, 15) is 14.4 Å². The van der Waals surface area contributed by atoms with Gasteiger partial charge in [-0.1, -0.05) is 36.4 Å². The number of rotatable bonds is 3. The van der Waals surface area contributed by atoms with E-state index in [2.05, 4.69) is 0 Å². The second-order valence-electron chi connectivity index (χ2n) is 4.82. The van der Waals surface area contributed by atoms with Crippen LogP contribution in [0.3, 0.4) is 0 Å². The highest BCUT2D eigenvalue weighted by Gasteiger charge is 2.46. The number of benzene rings is 1. The van der Waals surface area contributed by atoms with Crippen molar-refractivity contribution in [3.8, 4) is 0 Å². The van der Waals surface area contributed by atoms with Crippen LogP contribution in [0.2, 0.25) is 0 Å². The summed E-state index contributed by atoms with van der Waals surface area (Å²) in [5.41, 5.74) is 0.790. The minimum absolute atomic E-state index is 0.653. The van der Waals surface area contributed by atoms with E-state index in [1.165, 1.54) is 26.0 Å². The molecule has 0 spiro atoms. The van der Waals surface area contributed by atoms with Gasteiger partial charge in [-0.2, -0.15) is 0 Å². The lowest BCUT2D eigenvalue weighted by Gasteiger charge is -2.31. The maximum absolute atomic E-state index is 11.9. The molecule has 1 saturated heterocycles. The molecule has 0 unspecified atom stereocenters. The first-order valence-corrected chi connectivity index (χ1v) is 6.12. The van der Waals surface area contributed by atoms with Crippen molar-refractivity contribution < 1.29 is 23.9 Å². The highest BCUT2D eigenvalue weighted by molar-refractivity contribution is 6.20. The molecular formula is C15H14O5. The Morgan fingerprint density at radius 1 is 1.10 bits per heavy atom. The van der Waals surface area contributed by atoms with Crippen LogP contribution in [0.25, 0.3) is 6.08 Å². The molecule has 1 heterocycles. The normalized spacial score (nSPS) is 18.7. The summed E-state index contributed by atoms with van der Waals surface area (Å²) in [5.74, 6) is -5.28. The van der Waals surface area contributed by atoms with E-state index < -0.39 is 29.4 Å². The number of esters is 2. The molecule has 20 heavy (non-hydrogen) atoms. The van der Waals surface area contributed by atoms with Crippen LogP contribution in [0.5, 0.6) is 0 Å². The number of ether oxygens (including phenoxy) is 2. The van der Waals surface area contributed by atoms with Crippen molar-refractivity contribution in [1.29, 1.82) is 0 Å². The van der Waals surface area contributed by atoms with Crippen molar-refractivity contribution in [2.45, 2.75) is 19.6 Å². The summed E-state index contributed by atoms with van der Waals surface area (Å²) < 4.78 is 9.79. The van der Waals surface area contributed by atoms with Crippen molar-refractivity contribution in [2.24, 2.45) is 5.92 Å². The Morgan fingerprint density at radius 2 is 1.65 bits per heavy atom. The van der Waals surface area contributed by atoms with Crippen LogP contribution in [0.4, 0.5) is 0 Å². The van der Waals surface area contributed by atoms with Crippen LogP contribution >= 0.6 is 0 Å². The number of ketones is 1. The molecule has 104 valence electrons. The second-order valence-corrected chi connectivity index (χ2v) is 4.82. The van der Waals surface area contributed by atoms with Gasteiger partial charge in [-0.05, 0) is 11.6 Å². The van der Waals surface area contributed by atoms with Gasteiger partial charge < -0.3 is 9.47 Å². The lowest BCUT2D eigenvalue weighted by molar-refractivity contribution is -0.238. The topological polar surface area (TPSA) is 69.7 Å². The number of hydrogen-bond acceptors (Lipinski definition) is 5. The van der Waals surface area contributed by atoms with Crippen molar-refractivity contribution in [3.05, 3.63) is 42.0 Å². The van der Waals surface area contributed by atoms with Crippen LogP contribution in [-0.2, 0) is 23.9 Å². The predicted octanol–water partition coefficient (Wildman–Crippen LogP) is 1.72. The minimum Gasteiger partial charge on any atom is -0.422 e. The van der Waals surface area contributed by atoms with E-state index in [1.807, 2.05) is 18.2 Å². The largest absolute Gasteiger partial charge is 0.422 e. The highest BCUT2D eigenvalue weighted by atomic mass is 16.7. The number of carbonyl (C=O) groups excluding carboxylic acids is 3. The third-order valence-electron chi connectivity index (χ3n) is 2.69. The average Bonchev–Trinajstić information content (AvgIpc) is 2.35. The Morgan fingerprint density at radius 3 is 2.20 bits per heavy atom. The SMILES string of the molecule is CC1(C)OC(=O)C(C(=O)/C=C/c2ccccc2)C(=O)O1. The first-order valence-electron chi connectivity index (χ1n) is 6.12. The molecule has 0 saturated carbocycles. The van der Waals surface area contributed by atoms with Crippen molar-refractivity contribution >= 4 is 23.8 Å². The Balaban J connectivity index is 2.12. The first kappa shape index (κ1) is 14.0. The molecule has 0 aliphatic carbocycles. The van der Waals surface area contributed by atoms with Gasteiger partial charge in [0.15, 0.2) is 5.78 Å². The maximum atomic E-state index is 11.9. The third kappa shape index (κ3) is 3.12. The lowest BCUT2D eigenvalue weighted by Crippen LogP contribution is -2.48. The summed E-state index contributed by atoms with van der Waals surface area (Å²) in [5, 5.41) is 0. The zero-order valence-electron chi connectivity index (χ0n) is 11.2. The smallest absolute Gasteiger partial charge is 0.331 e. The van der Waals surface area contributed by atoms with Crippen molar-refractivity contribution in [1.82, 2.24) is 0 Å². The summed E-state index contributed by atoms with van der Waals surface area (Å²) in [6.07, 6.45) is 2.71. The number of allylic oxidation sites excluding steroid dienone is 1. The molecule has 0 radical (unpaired) electrons. The quantitative estimate of drug-likeness (QED) is 0.477. The second kappa shape index (κ2) is 5.28. The third-order valence-corrected chi connectivity index (χ3v) is 2.69. The van der Waals surface area contributed by atoms with Crippen LogP contribution < -0.4 is 0 Å². The summed E-state index contributed by atoms with van der Waals surface area (Å²) >= 11 is 0. The van der Waals surface area contributed by atoms with Gasteiger partial charge in [0.2, 0.25) is 5.92 Å². The lowest BCUT2D eigenvalue weighted by atomic mass is 10.0. The Labute approximate surface area is 116 Å². The van der Waals surface area contributed by atoms with Gasteiger partial charge in [-0.25, -0.2) is 0 Å². The molecule has 5 heteroatoms. The molecule has 0 aromatic heterocycles. The van der Waals surface area contributed by atoms with Gasteiger partial charge in [0.05, 0.1) is 0 Å². The fourth-order valence-corrected chi connectivity index (χ4v) is 1.79. The standard InChI is InChI=1S/C15H14O5/c1-15(2)19-13(17)12(14(18)20-15)11(16)9-8-10-6-4-3-5-7-10/h3-9,12H,1-2H3/b9-8+. The zero-order valence-corrected chi connectivity index (χ0v) is 11.2. The zero-order chi connectivity index (χ0) is 14.8. The Bertz CT molecular complexity index is 551. The summed E-state index contributed by atoms with van der Waals surface area (Å²) in [7, 11) is 0. The summed E-state index contributed by atoms with van der Waals surface area (Å²) in [6.45, 7) is 2.87. The summed E-state index contributed by atoms with van der Waals surface area (Å²) in [6, 6.07) is 9.07. The number of cyclic esters (lactones) is 2. The van der Waals surface area contributed by atoms with Crippen LogP contribution in [0.1, 0.15) is 19.4 Å². The molecule has 5 nitrogen and oxygen atoms in total. The monoisotopic (exact) mass is 274 g/mol. The molecule has 0 N–H and O–H groups in total. The Hall–Kier alpha value is -2.43.